The van der Waals surface area contributed by atoms with Crippen molar-refractivity contribution in [1.82, 2.24) is 15.5 Å². The van der Waals surface area contributed by atoms with Gasteiger partial charge >= 0.3 is 0 Å². The van der Waals surface area contributed by atoms with Gasteiger partial charge in [-0.2, -0.15) is 0 Å². The predicted molar refractivity (Wildman–Crippen MR) is 111 cm³/mol. The second kappa shape index (κ2) is 10.4. The minimum absolute atomic E-state index is 0.00734. The molecule has 1 heterocycles. The molecule has 0 saturated heterocycles. The molecule has 0 saturated carbocycles. The summed E-state index contributed by atoms with van der Waals surface area (Å²) in [6.45, 7) is 5.43. The Morgan fingerprint density at radius 3 is 2.55 bits per heavy atom. The highest BCUT2D eigenvalue weighted by molar-refractivity contribution is 5.75. The molecular weight excluding hydrogens is 366 g/mol. The van der Waals surface area contributed by atoms with Crippen LogP contribution in [0, 0.1) is 5.92 Å². The van der Waals surface area contributed by atoms with E-state index in [0.717, 1.165) is 16.9 Å². The van der Waals surface area contributed by atoms with Gasteiger partial charge in [0.1, 0.15) is 5.75 Å². The summed E-state index contributed by atoms with van der Waals surface area (Å²) < 4.78 is 11.3. The average molecular weight is 393 g/mol. The molecule has 0 atom stereocenters. The summed E-state index contributed by atoms with van der Waals surface area (Å²) in [4.78, 5) is 12.1. The number of benzene rings is 2. The van der Waals surface area contributed by atoms with E-state index in [-0.39, 0.29) is 5.91 Å². The summed E-state index contributed by atoms with van der Waals surface area (Å²) in [7, 11) is 0. The molecule has 6 heteroatoms. The average Bonchev–Trinajstić information content (AvgIpc) is 3.21. The van der Waals surface area contributed by atoms with Crippen molar-refractivity contribution in [2.24, 2.45) is 5.92 Å². The highest BCUT2D eigenvalue weighted by Gasteiger charge is 2.09. The first-order valence-electron chi connectivity index (χ1n) is 9.96. The van der Waals surface area contributed by atoms with Crippen LogP contribution >= 0.6 is 0 Å². The van der Waals surface area contributed by atoms with Crippen LogP contribution in [-0.4, -0.2) is 22.7 Å². The van der Waals surface area contributed by atoms with Crippen molar-refractivity contribution in [3.63, 3.8) is 0 Å². The summed E-state index contributed by atoms with van der Waals surface area (Å²) in [5.41, 5.74) is 1.93. The quantitative estimate of drug-likeness (QED) is 0.552. The maximum Gasteiger partial charge on any atom is 0.247 e. The minimum Gasteiger partial charge on any atom is -0.493 e. The highest BCUT2D eigenvalue weighted by atomic mass is 16.5. The lowest BCUT2D eigenvalue weighted by atomic mass is 10.2. The normalized spacial score (nSPS) is 10.9. The van der Waals surface area contributed by atoms with Crippen LogP contribution in [0.4, 0.5) is 0 Å². The highest BCUT2D eigenvalue weighted by Crippen LogP contribution is 2.18. The van der Waals surface area contributed by atoms with Crippen LogP contribution in [0.3, 0.4) is 0 Å². The molecule has 1 aromatic heterocycles. The Kier molecular flexibility index (Phi) is 7.39. The van der Waals surface area contributed by atoms with Gasteiger partial charge < -0.3 is 14.5 Å². The molecule has 0 radical (unpaired) electrons. The van der Waals surface area contributed by atoms with Gasteiger partial charge in [-0.3, -0.25) is 4.79 Å². The summed E-state index contributed by atoms with van der Waals surface area (Å²) >= 11 is 0. The zero-order chi connectivity index (χ0) is 20.5. The van der Waals surface area contributed by atoms with E-state index >= 15 is 0 Å². The summed E-state index contributed by atoms with van der Waals surface area (Å²) in [6, 6.07) is 17.5. The van der Waals surface area contributed by atoms with Gasteiger partial charge in [-0.05, 0) is 42.2 Å². The van der Waals surface area contributed by atoms with E-state index in [0.29, 0.717) is 50.1 Å². The Labute approximate surface area is 171 Å². The standard InChI is InChI=1S/C23H27N3O3/c1-17(2)16-28-20-13-11-18(12-14-20)15-24-21(27)9-6-10-22-25-26-23(29-22)19-7-4-3-5-8-19/h3-5,7-8,11-14,17H,6,9-10,15-16H2,1-2H3,(H,24,27). The third kappa shape index (κ3) is 6.75. The van der Waals surface area contributed by atoms with Crippen molar-refractivity contribution >= 4 is 5.91 Å². The molecule has 0 fully saturated rings. The molecule has 1 amide bonds. The number of nitrogens with one attached hydrogen (secondary N) is 1. The number of nitrogens with zero attached hydrogens (tertiary/aromatic N) is 2. The second-order valence-corrected chi connectivity index (χ2v) is 7.35. The second-order valence-electron chi connectivity index (χ2n) is 7.35. The maximum atomic E-state index is 12.1. The van der Waals surface area contributed by atoms with E-state index in [1.54, 1.807) is 0 Å². The first-order chi connectivity index (χ1) is 14.1. The third-order valence-electron chi connectivity index (χ3n) is 4.28. The van der Waals surface area contributed by atoms with Crippen molar-refractivity contribution in [1.29, 1.82) is 0 Å². The number of hydrogen-bond acceptors (Lipinski definition) is 5. The van der Waals surface area contributed by atoms with Crippen molar-refractivity contribution in [2.45, 2.75) is 39.7 Å². The lowest BCUT2D eigenvalue weighted by molar-refractivity contribution is -0.121. The zero-order valence-corrected chi connectivity index (χ0v) is 16.9. The molecule has 0 spiro atoms. The lowest BCUT2D eigenvalue weighted by Gasteiger charge is -2.09. The van der Waals surface area contributed by atoms with Gasteiger partial charge in [-0.15, -0.1) is 10.2 Å². The fourth-order valence-corrected chi connectivity index (χ4v) is 2.71. The molecule has 0 unspecified atom stereocenters. The van der Waals surface area contributed by atoms with Crippen LogP contribution < -0.4 is 10.1 Å². The Bertz CT molecular complexity index is 889. The molecule has 0 aliphatic rings. The van der Waals surface area contributed by atoms with Crippen LogP contribution in [0.25, 0.3) is 11.5 Å². The smallest absolute Gasteiger partial charge is 0.247 e. The number of carbonyl (C=O) groups is 1. The third-order valence-corrected chi connectivity index (χ3v) is 4.28. The Morgan fingerprint density at radius 2 is 1.83 bits per heavy atom. The summed E-state index contributed by atoms with van der Waals surface area (Å²) in [5, 5.41) is 11.1. The molecule has 152 valence electrons. The van der Waals surface area contributed by atoms with Crippen molar-refractivity contribution in [2.75, 3.05) is 6.61 Å². The number of rotatable bonds is 10. The zero-order valence-electron chi connectivity index (χ0n) is 16.9. The minimum atomic E-state index is 0.00734. The van der Waals surface area contributed by atoms with E-state index in [4.69, 9.17) is 9.15 Å². The Morgan fingerprint density at radius 1 is 1.07 bits per heavy atom. The predicted octanol–water partition coefficient (Wildman–Crippen LogP) is 4.41. The molecule has 3 rings (SSSR count). The number of hydrogen-bond donors (Lipinski definition) is 1. The summed E-state index contributed by atoms with van der Waals surface area (Å²) in [5.74, 6) is 2.40. The van der Waals surface area contributed by atoms with Gasteiger partial charge in [0.05, 0.1) is 6.61 Å². The SMILES string of the molecule is CC(C)COc1ccc(CNC(=O)CCCc2nnc(-c3ccccc3)o2)cc1. The van der Waals surface area contributed by atoms with Crippen LogP contribution in [0.5, 0.6) is 5.75 Å². The monoisotopic (exact) mass is 393 g/mol. The molecule has 2 aromatic carbocycles. The van der Waals surface area contributed by atoms with E-state index in [1.807, 2.05) is 54.6 Å². The van der Waals surface area contributed by atoms with Crippen LogP contribution in [-0.2, 0) is 17.8 Å². The summed E-state index contributed by atoms with van der Waals surface area (Å²) in [6.07, 6.45) is 1.65. The number of ether oxygens (including phenoxy) is 1. The fraction of sp³-hybridized carbons (Fsp3) is 0.348. The molecule has 3 aromatic rings. The van der Waals surface area contributed by atoms with Gasteiger partial charge in [0.2, 0.25) is 17.7 Å². The fourth-order valence-electron chi connectivity index (χ4n) is 2.71. The number of aromatic nitrogens is 2. The molecule has 6 nitrogen and oxygen atoms in total. The van der Waals surface area contributed by atoms with Gasteiger partial charge in [0.25, 0.3) is 0 Å². The lowest BCUT2D eigenvalue weighted by Crippen LogP contribution is -2.22. The molecule has 29 heavy (non-hydrogen) atoms. The van der Waals surface area contributed by atoms with Crippen molar-refractivity contribution < 1.29 is 13.9 Å². The van der Waals surface area contributed by atoms with Gasteiger partial charge in [0, 0.05) is 24.9 Å². The van der Waals surface area contributed by atoms with Gasteiger partial charge in [0.15, 0.2) is 0 Å². The number of amides is 1. The number of carbonyl (C=O) groups excluding carboxylic acids is 1. The largest absolute Gasteiger partial charge is 0.493 e. The molecule has 0 aliphatic heterocycles. The van der Waals surface area contributed by atoms with Crippen LogP contribution in [0.1, 0.15) is 38.1 Å². The molecular formula is C23H27N3O3. The maximum absolute atomic E-state index is 12.1. The van der Waals surface area contributed by atoms with Crippen LogP contribution in [0.15, 0.2) is 59.0 Å². The van der Waals surface area contributed by atoms with Crippen LogP contribution in [0.2, 0.25) is 0 Å². The number of aryl methyl sites for hydroxylation is 1. The van der Waals surface area contributed by atoms with Crippen molar-refractivity contribution in [3.05, 3.63) is 66.1 Å². The Balaban J connectivity index is 1.37. The van der Waals surface area contributed by atoms with Gasteiger partial charge in [-0.1, -0.05) is 44.2 Å². The first-order valence-corrected chi connectivity index (χ1v) is 9.96. The van der Waals surface area contributed by atoms with Gasteiger partial charge in [-0.25, -0.2) is 0 Å². The van der Waals surface area contributed by atoms with E-state index in [9.17, 15) is 4.79 Å². The topological polar surface area (TPSA) is 77.2 Å². The van der Waals surface area contributed by atoms with E-state index < -0.39 is 0 Å². The van der Waals surface area contributed by atoms with E-state index in [1.165, 1.54) is 0 Å². The first kappa shape index (κ1) is 20.6. The molecule has 0 aliphatic carbocycles. The Hall–Kier alpha value is -3.15. The molecule has 0 bridgehead atoms. The van der Waals surface area contributed by atoms with Crippen molar-refractivity contribution in [3.8, 4) is 17.2 Å². The van der Waals surface area contributed by atoms with E-state index in [2.05, 4.69) is 29.4 Å². The molecule has 1 N–H and O–H groups in total.